The number of carbonyl (C=O) groups is 1. The van der Waals surface area contributed by atoms with Crippen molar-refractivity contribution in [1.29, 1.82) is 0 Å². The van der Waals surface area contributed by atoms with E-state index < -0.39 is 0 Å². The van der Waals surface area contributed by atoms with Crippen LogP contribution in [0.3, 0.4) is 0 Å². The number of aromatic nitrogens is 2. The minimum Gasteiger partial charge on any atom is -0.338 e. The molecular formula is C18H17N3O. The number of carbonyl (C=O) groups excluding carboxylic acids is 1. The zero-order chi connectivity index (χ0) is 15.4. The first kappa shape index (κ1) is 14.1. The predicted molar refractivity (Wildman–Crippen MR) is 85.4 cm³/mol. The molecule has 4 nitrogen and oxygen atoms in total. The van der Waals surface area contributed by atoms with Gasteiger partial charge >= 0.3 is 0 Å². The molecule has 1 atom stereocenters. The molecule has 0 spiro atoms. The number of hydrogen-bond donors (Lipinski definition) is 1. The molecule has 0 unspecified atom stereocenters. The van der Waals surface area contributed by atoms with Crippen LogP contribution in [0.2, 0.25) is 0 Å². The fourth-order valence-electron chi connectivity index (χ4n) is 2.40. The number of hydrogen-bond acceptors (Lipinski definition) is 2. The van der Waals surface area contributed by atoms with Crippen LogP contribution in [0, 0.1) is 0 Å². The van der Waals surface area contributed by atoms with Crippen molar-refractivity contribution in [1.82, 2.24) is 14.9 Å². The lowest BCUT2D eigenvalue weighted by molar-refractivity contribution is 0.0941. The first-order chi connectivity index (χ1) is 10.8. The molecule has 22 heavy (non-hydrogen) atoms. The number of amides is 1. The number of nitrogens with one attached hydrogen (secondary N) is 1. The molecule has 110 valence electrons. The van der Waals surface area contributed by atoms with E-state index >= 15 is 0 Å². The first-order valence-electron chi connectivity index (χ1n) is 7.14. The van der Waals surface area contributed by atoms with Gasteiger partial charge in [0.05, 0.1) is 0 Å². The summed E-state index contributed by atoms with van der Waals surface area (Å²) in [7, 11) is 1.92. The molecule has 0 aliphatic carbocycles. The Morgan fingerprint density at radius 1 is 1.05 bits per heavy atom. The molecule has 0 aliphatic heterocycles. The van der Waals surface area contributed by atoms with Crippen molar-refractivity contribution in [2.45, 2.75) is 6.04 Å². The fourth-order valence-corrected chi connectivity index (χ4v) is 2.40. The highest BCUT2D eigenvalue weighted by atomic mass is 16.1. The molecule has 0 fully saturated rings. The molecule has 3 aromatic rings. The SMILES string of the molecule is Cn1ccnc1[C@H](NC(=O)c1ccccc1)c1ccccc1. The monoisotopic (exact) mass is 291 g/mol. The van der Waals surface area contributed by atoms with Crippen LogP contribution in [0.5, 0.6) is 0 Å². The van der Waals surface area contributed by atoms with Crippen LogP contribution in [0.15, 0.2) is 73.1 Å². The van der Waals surface area contributed by atoms with Crippen molar-refractivity contribution in [3.63, 3.8) is 0 Å². The molecule has 1 heterocycles. The summed E-state index contributed by atoms with van der Waals surface area (Å²) < 4.78 is 1.92. The maximum Gasteiger partial charge on any atom is 0.252 e. The van der Waals surface area contributed by atoms with Crippen LogP contribution in [-0.2, 0) is 7.05 Å². The number of aryl methyl sites for hydroxylation is 1. The molecule has 2 aromatic carbocycles. The van der Waals surface area contributed by atoms with E-state index in [1.165, 1.54) is 0 Å². The fraction of sp³-hybridized carbons (Fsp3) is 0.111. The minimum absolute atomic E-state index is 0.113. The van der Waals surface area contributed by atoms with Crippen molar-refractivity contribution in [3.05, 3.63) is 90.0 Å². The topological polar surface area (TPSA) is 46.9 Å². The lowest BCUT2D eigenvalue weighted by atomic mass is 10.1. The van der Waals surface area contributed by atoms with Gasteiger partial charge in [-0.1, -0.05) is 48.5 Å². The van der Waals surface area contributed by atoms with Crippen LogP contribution in [0.4, 0.5) is 0 Å². The van der Waals surface area contributed by atoms with E-state index in [4.69, 9.17) is 0 Å². The Morgan fingerprint density at radius 3 is 2.27 bits per heavy atom. The second-order valence-electron chi connectivity index (χ2n) is 5.08. The van der Waals surface area contributed by atoms with Crippen LogP contribution in [0.25, 0.3) is 0 Å². The Morgan fingerprint density at radius 2 is 1.68 bits per heavy atom. The van der Waals surface area contributed by atoms with Gasteiger partial charge in [0.1, 0.15) is 11.9 Å². The van der Waals surface area contributed by atoms with Gasteiger partial charge < -0.3 is 9.88 Å². The number of imidazole rings is 1. The second-order valence-corrected chi connectivity index (χ2v) is 5.08. The number of nitrogens with zero attached hydrogens (tertiary/aromatic N) is 2. The predicted octanol–water partition coefficient (Wildman–Crippen LogP) is 2.94. The summed E-state index contributed by atoms with van der Waals surface area (Å²) in [6.07, 6.45) is 3.61. The van der Waals surface area contributed by atoms with Crippen LogP contribution in [0.1, 0.15) is 27.8 Å². The summed E-state index contributed by atoms with van der Waals surface area (Å²) in [5.41, 5.74) is 1.64. The standard InChI is InChI=1S/C18H17N3O/c1-21-13-12-19-17(21)16(14-8-4-2-5-9-14)20-18(22)15-10-6-3-7-11-15/h2-13,16H,1H3,(H,20,22)/t16-/m1/s1. The van der Waals surface area contributed by atoms with Gasteiger partial charge in [0.25, 0.3) is 5.91 Å². The summed E-state index contributed by atoms with van der Waals surface area (Å²) in [5.74, 6) is 0.688. The quantitative estimate of drug-likeness (QED) is 0.803. The Balaban J connectivity index is 1.93. The summed E-state index contributed by atoms with van der Waals surface area (Å²) in [4.78, 5) is 16.9. The van der Waals surface area contributed by atoms with Crippen LogP contribution >= 0.6 is 0 Å². The van der Waals surface area contributed by atoms with E-state index in [0.717, 1.165) is 11.4 Å². The van der Waals surface area contributed by atoms with Gasteiger partial charge in [0.2, 0.25) is 0 Å². The highest BCUT2D eigenvalue weighted by molar-refractivity contribution is 5.94. The van der Waals surface area contributed by atoms with Crippen molar-refractivity contribution >= 4 is 5.91 Å². The van der Waals surface area contributed by atoms with E-state index in [0.29, 0.717) is 5.56 Å². The van der Waals surface area contributed by atoms with E-state index in [1.807, 2.05) is 66.3 Å². The third-order valence-electron chi connectivity index (χ3n) is 3.56. The number of rotatable bonds is 4. The molecule has 0 aliphatic rings. The van der Waals surface area contributed by atoms with Gasteiger partial charge in [-0.25, -0.2) is 4.98 Å². The maximum atomic E-state index is 12.5. The van der Waals surface area contributed by atoms with E-state index in [2.05, 4.69) is 10.3 Å². The second kappa shape index (κ2) is 6.26. The average molecular weight is 291 g/mol. The molecular weight excluding hydrogens is 274 g/mol. The van der Waals surface area contributed by atoms with Gasteiger partial charge in [-0.15, -0.1) is 0 Å². The molecule has 3 rings (SSSR count). The van der Waals surface area contributed by atoms with Gasteiger partial charge in [0.15, 0.2) is 0 Å². The third kappa shape index (κ3) is 2.91. The van der Waals surface area contributed by atoms with E-state index in [-0.39, 0.29) is 11.9 Å². The van der Waals surface area contributed by atoms with Gasteiger partial charge in [0, 0.05) is 25.0 Å². The lowest BCUT2D eigenvalue weighted by Crippen LogP contribution is -2.31. The lowest BCUT2D eigenvalue weighted by Gasteiger charge is -2.19. The van der Waals surface area contributed by atoms with Gasteiger partial charge in [-0.05, 0) is 17.7 Å². The Bertz CT molecular complexity index is 750. The summed E-state index contributed by atoms with van der Waals surface area (Å²) in [6.45, 7) is 0. The van der Waals surface area contributed by atoms with Crippen molar-refractivity contribution < 1.29 is 4.79 Å². The molecule has 1 amide bonds. The minimum atomic E-state index is -0.283. The molecule has 4 heteroatoms. The molecule has 0 saturated carbocycles. The third-order valence-corrected chi connectivity index (χ3v) is 3.56. The smallest absolute Gasteiger partial charge is 0.252 e. The molecule has 1 N–H and O–H groups in total. The molecule has 1 aromatic heterocycles. The highest BCUT2D eigenvalue weighted by Crippen LogP contribution is 2.20. The molecule has 0 saturated heterocycles. The molecule has 0 radical (unpaired) electrons. The van der Waals surface area contributed by atoms with Gasteiger partial charge in [-0.2, -0.15) is 0 Å². The van der Waals surface area contributed by atoms with Crippen molar-refractivity contribution in [2.75, 3.05) is 0 Å². The molecule has 0 bridgehead atoms. The summed E-state index contributed by atoms with van der Waals surface area (Å²) in [6, 6.07) is 18.8. The maximum absolute atomic E-state index is 12.5. The van der Waals surface area contributed by atoms with Crippen LogP contribution in [-0.4, -0.2) is 15.5 Å². The zero-order valence-electron chi connectivity index (χ0n) is 12.3. The Hall–Kier alpha value is -2.88. The normalized spacial score (nSPS) is 11.9. The van der Waals surface area contributed by atoms with E-state index in [1.54, 1.807) is 18.3 Å². The van der Waals surface area contributed by atoms with Crippen LogP contribution < -0.4 is 5.32 Å². The average Bonchev–Trinajstić information content (AvgIpc) is 3.00. The summed E-state index contributed by atoms with van der Waals surface area (Å²) >= 11 is 0. The highest BCUT2D eigenvalue weighted by Gasteiger charge is 2.20. The zero-order valence-corrected chi connectivity index (χ0v) is 12.3. The van der Waals surface area contributed by atoms with Gasteiger partial charge in [-0.3, -0.25) is 4.79 Å². The Labute approximate surface area is 129 Å². The largest absolute Gasteiger partial charge is 0.338 e. The van der Waals surface area contributed by atoms with Crippen molar-refractivity contribution in [3.8, 4) is 0 Å². The number of benzene rings is 2. The van der Waals surface area contributed by atoms with Crippen molar-refractivity contribution in [2.24, 2.45) is 7.05 Å². The Kier molecular flexibility index (Phi) is 4.01. The van der Waals surface area contributed by atoms with E-state index in [9.17, 15) is 4.79 Å². The summed E-state index contributed by atoms with van der Waals surface area (Å²) in [5, 5.41) is 3.07. The first-order valence-corrected chi connectivity index (χ1v) is 7.14.